The van der Waals surface area contributed by atoms with Crippen molar-refractivity contribution in [2.45, 2.75) is 19.4 Å². The van der Waals surface area contributed by atoms with Crippen LogP contribution in [0.1, 0.15) is 18.5 Å². The standard InChI is InChI=1S/C20H19ClFN5O2/c21-16-10-15(3-4-17(16)22)27-19(13-5-7-23-8-6-13)18(24-25-27)12-26-9-1-2-14(11-26)20(28)29/h3-8,10,14H,1-2,9,11-12H2,(H,28,29). The molecule has 9 heteroatoms. The smallest absolute Gasteiger partial charge is 0.307 e. The fourth-order valence-corrected chi connectivity index (χ4v) is 3.80. The van der Waals surface area contributed by atoms with Gasteiger partial charge in [0.2, 0.25) is 0 Å². The van der Waals surface area contributed by atoms with Crippen LogP contribution in [0.15, 0.2) is 42.7 Å². The molecule has 3 aromatic rings. The van der Waals surface area contributed by atoms with Crippen molar-refractivity contribution in [2.24, 2.45) is 5.92 Å². The number of nitrogens with zero attached hydrogens (tertiary/aromatic N) is 5. The average Bonchev–Trinajstić information content (AvgIpc) is 3.14. The lowest BCUT2D eigenvalue weighted by Gasteiger charge is -2.30. The van der Waals surface area contributed by atoms with Crippen LogP contribution in [0.5, 0.6) is 0 Å². The van der Waals surface area contributed by atoms with E-state index in [1.54, 1.807) is 23.1 Å². The Kier molecular flexibility index (Phi) is 5.55. The van der Waals surface area contributed by atoms with Crippen LogP contribution in [0.3, 0.4) is 0 Å². The number of hydrogen-bond acceptors (Lipinski definition) is 5. The summed E-state index contributed by atoms with van der Waals surface area (Å²) in [5.74, 6) is -1.65. The summed E-state index contributed by atoms with van der Waals surface area (Å²) in [5, 5.41) is 18.0. The van der Waals surface area contributed by atoms with E-state index in [9.17, 15) is 14.3 Å². The van der Waals surface area contributed by atoms with E-state index in [1.807, 2.05) is 12.1 Å². The molecule has 0 aliphatic carbocycles. The molecule has 1 atom stereocenters. The lowest BCUT2D eigenvalue weighted by Crippen LogP contribution is -2.38. The van der Waals surface area contributed by atoms with Gasteiger partial charge in [-0.05, 0) is 49.7 Å². The van der Waals surface area contributed by atoms with Gasteiger partial charge in [-0.2, -0.15) is 0 Å². The Labute approximate surface area is 171 Å². The predicted molar refractivity (Wildman–Crippen MR) is 105 cm³/mol. The number of halogens is 2. The first-order valence-corrected chi connectivity index (χ1v) is 9.66. The van der Waals surface area contributed by atoms with Crippen molar-refractivity contribution in [1.29, 1.82) is 0 Å². The van der Waals surface area contributed by atoms with Crippen LogP contribution < -0.4 is 0 Å². The van der Waals surface area contributed by atoms with Gasteiger partial charge in [-0.15, -0.1) is 5.10 Å². The highest BCUT2D eigenvalue weighted by atomic mass is 35.5. The maximum Gasteiger partial charge on any atom is 0.307 e. The zero-order valence-corrected chi connectivity index (χ0v) is 16.3. The van der Waals surface area contributed by atoms with Crippen LogP contribution in [-0.4, -0.2) is 49.0 Å². The van der Waals surface area contributed by atoms with Crippen LogP contribution >= 0.6 is 11.6 Å². The Hall–Kier alpha value is -2.84. The first kappa shape index (κ1) is 19.5. The van der Waals surface area contributed by atoms with Crippen LogP contribution in [0.2, 0.25) is 5.02 Å². The van der Waals surface area contributed by atoms with Gasteiger partial charge in [-0.1, -0.05) is 16.8 Å². The zero-order valence-electron chi connectivity index (χ0n) is 15.5. The van der Waals surface area contributed by atoms with Gasteiger partial charge >= 0.3 is 5.97 Å². The molecule has 1 aliphatic heterocycles. The van der Waals surface area contributed by atoms with E-state index in [0.717, 1.165) is 24.2 Å². The third-order valence-corrected chi connectivity index (χ3v) is 5.36. The van der Waals surface area contributed by atoms with Crippen molar-refractivity contribution in [3.8, 4) is 16.9 Å². The third-order valence-electron chi connectivity index (χ3n) is 5.07. The Morgan fingerprint density at radius 3 is 2.79 bits per heavy atom. The van der Waals surface area contributed by atoms with Gasteiger partial charge in [0.1, 0.15) is 11.5 Å². The fourth-order valence-electron chi connectivity index (χ4n) is 3.63. The number of rotatable bonds is 5. The molecule has 0 saturated carbocycles. The summed E-state index contributed by atoms with van der Waals surface area (Å²) >= 11 is 5.96. The molecular formula is C20H19ClFN5O2. The van der Waals surface area contributed by atoms with Gasteiger partial charge in [0.25, 0.3) is 0 Å². The van der Waals surface area contributed by atoms with Crippen LogP contribution in [0, 0.1) is 11.7 Å². The van der Waals surface area contributed by atoms with E-state index in [0.29, 0.717) is 30.9 Å². The Morgan fingerprint density at radius 1 is 1.28 bits per heavy atom. The van der Waals surface area contributed by atoms with Gasteiger partial charge in [0.05, 0.1) is 22.3 Å². The summed E-state index contributed by atoms with van der Waals surface area (Å²) in [6, 6.07) is 8.07. The minimum absolute atomic E-state index is 0.000517. The first-order chi connectivity index (χ1) is 14.0. The Morgan fingerprint density at radius 2 is 2.07 bits per heavy atom. The zero-order chi connectivity index (χ0) is 20.4. The van der Waals surface area contributed by atoms with Crippen molar-refractivity contribution in [3.63, 3.8) is 0 Å². The molecule has 0 radical (unpaired) electrons. The molecule has 7 nitrogen and oxygen atoms in total. The quantitative estimate of drug-likeness (QED) is 0.687. The number of aromatic nitrogens is 4. The number of piperidine rings is 1. The van der Waals surface area contributed by atoms with E-state index in [1.165, 1.54) is 12.1 Å². The monoisotopic (exact) mass is 415 g/mol. The molecule has 0 amide bonds. The van der Waals surface area contributed by atoms with Crippen LogP contribution in [0.4, 0.5) is 4.39 Å². The topological polar surface area (TPSA) is 84.1 Å². The summed E-state index contributed by atoms with van der Waals surface area (Å²) < 4.78 is 15.2. The Balaban J connectivity index is 1.72. The highest BCUT2D eigenvalue weighted by molar-refractivity contribution is 6.30. The summed E-state index contributed by atoms with van der Waals surface area (Å²) in [7, 11) is 0. The largest absolute Gasteiger partial charge is 0.481 e. The second-order valence-corrected chi connectivity index (χ2v) is 7.45. The molecule has 4 rings (SSSR count). The highest BCUT2D eigenvalue weighted by Crippen LogP contribution is 2.28. The number of aliphatic carboxylic acids is 1. The predicted octanol–water partition coefficient (Wildman–Crippen LogP) is 3.42. The molecule has 1 aromatic carbocycles. The fraction of sp³-hybridized carbons (Fsp3) is 0.300. The van der Waals surface area contributed by atoms with Crippen molar-refractivity contribution >= 4 is 17.6 Å². The van der Waals surface area contributed by atoms with E-state index >= 15 is 0 Å². The van der Waals surface area contributed by atoms with Crippen molar-refractivity contribution in [1.82, 2.24) is 24.9 Å². The van der Waals surface area contributed by atoms with Gasteiger partial charge in [-0.25, -0.2) is 9.07 Å². The van der Waals surface area contributed by atoms with Crippen molar-refractivity contribution in [2.75, 3.05) is 13.1 Å². The maximum absolute atomic E-state index is 13.6. The third kappa shape index (κ3) is 4.13. The van der Waals surface area contributed by atoms with Gasteiger partial charge in [0.15, 0.2) is 0 Å². The first-order valence-electron chi connectivity index (χ1n) is 9.28. The molecule has 0 spiro atoms. The molecular weight excluding hydrogens is 397 g/mol. The lowest BCUT2D eigenvalue weighted by molar-refractivity contribution is -0.143. The summed E-state index contributed by atoms with van der Waals surface area (Å²) in [6.07, 6.45) is 4.86. The SMILES string of the molecule is O=C(O)C1CCCN(Cc2nnn(-c3ccc(F)c(Cl)c3)c2-c2ccncc2)C1. The molecule has 2 aromatic heterocycles. The molecule has 1 saturated heterocycles. The van der Waals surface area contributed by atoms with Crippen LogP contribution in [-0.2, 0) is 11.3 Å². The lowest BCUT2D eigenvalue weighted by atomic mass is 9.98. The maximum atomic E-state index is 13.6. The van der Waals surface area contributed by atoms with E-state index < -0.39 is 11.8 Å². The molecule has 1 fully saturated rings. The average molecular weight is 416 g/mol. The van der Waals surface area contributed by atoms with E-state index in [-0.39, 0.29) is 10.9 Å². The van der Waals surface area contributed by atoms with Crippen molar-refractivity contribution in [3.05, 3.63) is 59.3 Å². The summed E-state index contributed by atoms with van der Waals surface area (Å²) in [6.45, 7) is 1.74. The minimum Gasteiger partial charge on any atom is -0.481 e. The van der Waals surface area contributed by atoms with Crippen LogP contribution in [0.25, 0.3) is 16.9 Å². The molecule has 1 unspecified atom stereocenters. The highest BCUT2D eigenvalue weighted by Gasteiger charge is 2.27. The van der Waals surface area contributed by atoms with Gasteiger partial charge < -0.3 is 5.11 Å². The number of hydrogen-bond donors (Lipinski definition) is 1. The molecule has 3 heterocycles. The Bertz CT molecular complexity index is 1030. The number of pyridine rings is 1. The van der Waals surface area contributed by atoms with Gasteiger partial charge in [0, 0.05) is 31.0 Å². The molecule has 1 N–H and O–H groups in total. The second kappa shape index (κ2) is 8.26. The number of carboxylic acid groups (broad SMARTS) is 1. The number of likely N-dealkylation sites (tertiary alicyclic amines) is 1. The number of carbonyl (C=O) groups is 1. The summed E-state index contributed by atoms with van der Waals surface area (Å²) in [4.78, 5) is 17.5. The molecule has 150 valence electrons. The second-order valence-electron chi connectivity index (χ2n) is 7.04. The van der Waals surface area contributed by atoms with Gasteiger partial charge in [-0.3, -0.25) is 14.7 Å². The normalized spacial score (nSPS) is 17.4. The molecule has 0 bridgehead atoms. The summed E-state index contributed by atoms with van der Waals surface area (Å²) in [5.41, 5.74) is 2.89. The molecule has 1 aliphatic rings. The minimum atomic E-state index is -0.770. The van der Waals surface area contributed by atoms with E-state index in [2.05, 4.69) is 20.2 Å². The van der Waals surface area contributed by atoms with Crippen molar-refractivity contribution < 1.29 is 14.3 Å². The number of carboxylic acids is 1. The van der Waals surface area contributed by atoms with E-state index in [4.69, 9.17) is 11.6 Å². The molecule has 29 heavy (non-hydrogen) atoms. The number of benzene rings is 1.